The zero-order valence-electron chi connectivity index (χ0n) is 15.2. The van der Waals surface area contributed by atoms with Crippen LogP contribution in [0, 0.1) is 25.7 Å². The fourth-order valence-corrected chi connectivity index (χ4v) is 4.44. The molecule has 2 atom stereocenters. The lowest BCUT2D eigenvalue weighted by Crippen LogP contribution is -2.06. The molecule has 0 saturated carbocycles. The zero-order valence-corrected chi connectivity index (χ0v) is 16.0. The molecular formula is C20H36S. The van der Waals surface area contributed by atoms with E-state index in [4.69, 9.17) is 0 Å². The van der Waals surface area contributed by atoms with Crippen LogP contribution in [0.3, 0.4) is 0 Å². The van der Waals surface area contributed by atoms with Gasteiger partial charge in [0.05, 0.1) is 0 Å². The molecule has 1 aromatic heterocycles. The third kappa shape index (κ3) is 6.14. The molecule has 0 aromatic carbocycles. The molecule has 0 fully saturated rings. The summed E-state index contributed by atoms with van der Waals surface area (Å²) in [5.41, 5.74) is 3.40. The SMILES string of the molecule is CCCCC(C)Cc1c(C)sc(C)c1CC(C)CCCC. The number of aryl methyl sites for hydroxylation is 2. The second kappa shape index (κ2) is 9.66. The quantitative estimate of drug-likeness (QED) is 0.432. The van der Waals surface area contributed by atoms with Gasteiger partial charge in [0.25, 0.3) is 0 Å². The van der Waals surface area contributed by atoms with Crippen LogP contribution in [0.25, 0.3) is 0 Å². The van der Waals surface area contributed by atoms with Gasteiger partial charge in [-0.1, -0.05) is 66.2 Å². The Morgan fingerprint density at radius 3 is 1.48 bits per heavy atom. The Bertz CT molecular complexity index is 366. The first-order chi connectivity index (χ1) is 9.99. The van der Waals surface area contributed by atoms with Gasteiger partial charge in [-0.25, -0.2) is 0 Å². The Morgan fingerprint density at radius 1 is 0.762 bits per heavy atom. The molecule has 1 rings (SSSR count). The van der Waals surface area contributed by atoms with E-state index in [1.165, 1.54) is 51.4 Å². The topological polar surface area (TPSA) is 0 Å². The Balaban J connectivity index is 2.74. The molecule has 0 spiro atoms. The Morgan fingerprint density at radius 2 is 1.14 bits per heavy atom. The van der Waals surface area contributed by atoms with Gasteiger partial charge in [0.15, 0.2) is 0 Å². The van der Waals surface area contributed by atoms with E-state index in [-0.39, 0.29) is 0 Å². The molecule has 0 aliphatic rings. The summed E-state index contributed by atoms with van der Waals surface area (Å²) in [5, 5.41) is 0. The van der Waals surface area contributed by atoms with Crippen LogP contribution in [-0.4, -0.2) is 0 Å². The minimum atomic E-state index is 0.836. The number of hydrogen-bond acceptors (Lipinski definition) is 1. The number of rotatable bonds is 10. The molecule has 0 N–H and O–H groups in total. The van der Waals surface area contributed by atoms with E-state index >= 15 is 0 Å². The molecule has 1 aromatic rings. The smallest absolute Gasteiger partial charge is 0.00519 e. The van der Waals surface area contributed by atoms with E-state index in [0.29, 0.717) is 0 Å². The van der Waals surface area contributed by atoms with Crippen LogP contribution in [-0.2, 0) is 12.8 Å². The van der Waals surface area contributed by atoms with Crippen molar-refractivity contribution in [2.75, 3.05) is 0 Å². The van der Waals surface area contributed by atoms with Gasteiger partial charge in [0.1, 0.15) is 0 Å². The van der Waals surface area contributed by atoms with Gasteiger partial charge in [-0.3, -0.25) is 0 Å². The fraction of sp³-hybridized carbons (Fsp3) is 0.800. The Labute approximate surface area is 137 Å². The molecule has 0 amide bonds. The molecule has 0 nitrogen and oxygen atoms in total. The van der Waals surface area contributed by atoms with Gasteiger partial charge in [0, 0.05) is 9.75 Å². The van der Waals surface area contributed by atoms with Crippen molar-refractivity contribution < 1.29 is 0 Å². The fourth-order valence-electron chi connectivity index (χ4n) is 3.32. The average Bonchev–Trinajstić information content (AvgIpc) is 2.69. The first-order valence-electron chi connectivity index (χ1n) is 9.07. The second-order valence-corrected chi connectivity index (χ2v) is 8.50. The highest BCUT2D eigenvalue weighted by Crippen LogP contribution is 2.33. The van der Waals surface area contributed by atoms with Gasteiger partial charge < -0.3 is 0 Å². The maximum absolute atomic E-state index is 2.44. The largest absolute Gasteiger partial charge is 0.145 e. The van der Waals surface area contributed by atoms with Crippen molar-refractivity contribution in [3.63, 3.8) is 0 Å². The van der Waals surface area contributed by atoms with E-state index in [2.05, 4.69) is 41.5 Å². The number of thiophene rings is 1. The molecule has 0 aliphatic heterocycles. The van der Waals surface area contributed by atoms with Crippen LogP contribution >= 0.6 is 11.3 Å². The maximum Gasteiger partial charge on any atom is 0.00519 e. The zero-order chi connectivity index (χ0) is 15.8. The van der Waals surface area contributed by atoms with Crippen molar-refractivity contribution in [1.29, 1.82) is 0 Å². The highest BCUT2D eigenvalue weighted by molar-refractivity contribution is 7.12. The maximum atomic E-state index is 2.44. The van der Waals surface area contributed by atoms with Crippen molar-refractivity contribution in [1.82, 2.24) is 0 Å². The lowest BCUT2D eigenvalue weighted by molar-refractivity contribution is 0.486. The second-order valence-electron chi connectivity index (χ2n) is 7.07. The summed E-state index contributed by atoms with van der Waals surface area (Å²) in [6.07, 6.45) is 10.8. The molecule has 0 aliphatic carbocycles. The van der Waals surface area contributed by atoms with E-state index in [0.717, 1.165) is 11.8 Å². The summed E-state index contributed by atoms with van der Waals surface area (Å²) < 4.78 is 0. The summed E-state index contributed by atoms with van der Waals surface area (Å²) in [6.45, 7) is 14.1. The van der Waals surface area contributed by atoms with E-state index in [1.54, 1.807) is 20.9 Å². The van der Waals surface area contributed by atoms with Crippen molar-refractivity contribution in [3.05, 3.63) is 20.9 Å². The predicted octanol–water partition coefficient (Wildman–Crippen LogP) is 7.10. The van der Waals surface area contributed by atoms with Crippen LogP contribution < -0.4 is 0 Å². The van der Waals surface area contributed by atoms with E-state index in [1.807, 2.05) is 11.3 Å². The lowest BCUT2D eigenvalue weighted by Gasteiger charge is -2.16. The van der Waals surface area contributed by atoms with Gasteiger partial charge in [-0.2, -0.15) is 0 Å². The van der Waals surface area contributed by atoms with Crippen molar-refractivity contribution in [3.8, 4) is 0 Å². The molecule has 1 heterocycles. The molecule has 0 saturated heterocycles. The average molecular weight is 309 g/mol. The Kier molecular flexibility index (Phi) is 8.63. The molecule has 0 radical (unpaired) electrons. The highest BCUT2D eigenvalue weighted by Gasteiger charge is 2.17. The normalized spacial score (nSPS) is 14.4. The number of hydrogen-bond donors (Lipinski definition) is 0. The van der Waals surface area contributed by atoms with Gasteiger partial charge in [-0.05, 0) is 49.7 Å². The van der Waals surface area contributed by atoms with Gasteiger partial charge in [0.2, 0.25) is 0 Å². The van der Waals surface area contributed by atoms with Crippen LogP contribution in [0.2, 0.25) is 0 Å². The molecule has 1 heteroatoms. The van der Waals surface area contributed by atoms with E-state index in [9.17, 15) is 0 Å². The molecule has 2 unspecified atom stereocenters. The first-order valence-corrected chi connectivity index (χ1v) is 9.88. The molecule has 122 valence electrons. The number of unbranched alkanes of at least 4 members (excludes halogenated alkanes) is 2. The van der Waals surface area contributed by atoms with Crippen LogP contribution in [0.5, 0.6) is 0 Å². The summed E-state index contributed by atoms with van der Waals surface area (Å²) in [5.74, 6) is 1.67. The third-order valence-electron chi connectivity index (χ3n) is 4.73. The van der Waals surface area contributed by atoms with Crippen LogP contribution in [0.1, 0.15) is 87.1 Å². The minimum absolute atomic E-state index is 0.836. The summed E-state index contributed by atoms with van der Waals surface area (Å²) in [7, 11) is 0. The summed E-state index contributed by atoms with van der Waals surface area (Å²) >= 11 is 2.03. The summed E-state index contributed by atoms with van der Waals surface area (Å²) in [6, 6.07) is 0. The lowest BCUT2D eigenvalue weighted by atomic mass is 9.89. The van der Waals surface area contributed by atoms with Crippen molar-refractivity contribution >= 4 is 11.3 Å². The first kappa shape index (κ1) is 18.7. The standard InChI is InChI=1S/C20H36S/c1-7-9-11-15(3)13-19-17(5)21-18(6)20(19)14-16(4)12-10-8-2/h15-16H,7-14H2,1-6H3. The van der Waals surface area contributed by atoms with Gasteiger partial charge >= 0.3 is 0 Å². The molecular weight excluding hydrogens is 272 g/mol. The van der Waals surface area contributed by atoms with E-state index < -0.39 is 0 Å². The third-order valence-corrected chi connectivity index (χ3v) is 5.83. The minimum Gasteiger partial charge on any atom is -0.145 e. The molecule has 21 heavy (non-hydrogen) atoms. The van der Waals surface area contributed by atoms with Crippen molar-refractivity contribution in [2.24, 2.45) is 11.8 Å². The summed E-state index contributed by atoms with van der Waals surface area (Å²) in [4.78, 5) is 3.15. The Hall–Kier alpha value is -0.300. The monoisotopic (exact) mass is 308 g/mol. The molecule has 0 bridgehead atoms. The van der Waals surface area contributed by atoms with Crippen LogP contribution in [0.4, 0.5) is 0 Å². The highest BCUT2D eigenvalue weighted by atomic mass is 32.1. The predicted molar refractivity (Wildman–Crippen MR) is 98.6 cm³/mol. The van der Waals surface area contributed by atoms with Crippen molar-refractivity contribution in [2.45, 2.75) is 92.9 Å². The van der Waals surface area contributed by atoms with Gasteiger partial charge in [-0.15, -0.1) is 11.3 Å². The van der Waals surface area contributed by atoms with Crippen LogP contribution in [0.15, 0.2) is 0 Å².